The highest BCUT2D eigenvalue weighted by atomic mass is 35.5. The minimum absolute atomic E-state index is 0.588. The smallest absolute Gasteiger partial charge is 0.316 e. The zero-order valence-corrected chi connectivity index (χ0v) is 7.09. The largest absolute Gasteiger partial charge is 0.386 e. The Morgan fingerprint density at radius 1 is 1.30 bits per heavy atom. The van der Waals surface area contributed by atoms with E-state index in [0.717, 1.165) is 0 Å². The molecule has 0 amide bonds. The van der Waals surface area contributed by atoms with Crippen LogP contribution in [-0.2, 0) is 4.74 Å². The first kappa shape index (κ1) is 10.4. The van der Waals surface area contributed by atoms with E-state index in [1.807, 2.05) is 0 Å². The average molecular weight is 193 g/mol. The van der Waals surface area contributed by atoms with Gasteiger partial charge in [-0.25, -0.2) is 0 Å². The van der Waals surface area contributed by atoms with Crippen molar-refractivity contribution in [2.75, 3.05) is 0 Å². The van der Waals surface area contributed by atoms with Crippen LogP contribution in [0, 0.1) is 0 Å². The Hall–Kier alpha value is 0.400. The van der Waals surface area contributed by atoms with Crippen molar-refractivity contribution >= 4 is 23.2 Å². The lowest BCUT2D eigenvalue weighted by Crippen LogP contribution is -2.31. The summed E-state index contributed by atoms with van der Waals surface area (Å²) in [4.78, 5) is -1.81. The second kappa shape index (κ2) is 3.69. The molecule has 0 saturated heterocycles. The van der Waals surface area contributed by atoms with Crippen molar-refractivity contribution in [1.82, 2.24) is 0 Å². The lowest BCUT2D eigenvalue weighted by Gasteiger charge is -2.19. The van der Waals surface area contributed by atoms with Crippen LogP contribution in [0.1, 0.15) is 13.8 Å². The first-order valence-corrected chi connectivity index (χ1v) is 3.57. The van der Waals surface area contributed by atoms with Gasteiger partial charge in [0.1, 0.15) is 0 Å². The van der Waals surface area contributed by atoms with Crippen LogP contribution < -0.4 is 0 Å². The van der Waals surface area contributed by atoms with Gasteiger partial charge in [-0.2, -0.15) is 8.78 Å². The van der Waals surface area contributed by atoms with Gasteiger partial charge in [0.25, 0.3) is 0 Å². The lowest BCUT2D eigenvalue weighted by atomic mass is 10.5. The monoisotopic (exact) mass is 192 g/mol. The number of hydrogen-bond acceptors (Lipinski definition) is 1. The first-order chi connectivity index (χ1) is 4.36. The van der Waals surface area contributed by atoms with Gasteiger partial charge in [0.15, 0.2) is 4.84 Å². The molecule has 10 heavy (non-hydrogen) atoms. The third kappa shape index (κ3) is 3.54. The summed E-state index contributed by atoms with van der Waals surface area (Å²) in [6, 6.07) is 0. The van der Waals surface area contributed by atoms with Crippen LogP contribution in [0.15, 0.2) is 0 Å². The summed E-state index contributed by atoms with van der Waals surface area (Å²) in [5.41, 5.74) is 0. The van der Waals surface area contributed by atoms with Crippen molar-refractivity contribution in [3.05, 3.63) is 0 Å². The summed E-state index contributed by atoms with van der Waals surface area (Å²) >= 11 is 9.81. The third-order valence-corrected chi connectivity index (χ3v) is 1.15. The Morgan fingerprint density at radius 2 is 1.70 bits per heavy atom. The molecule has 0 fully saturated rings. The van der Waals surface area contributed by atoms with Crippen LogP contribution >= 0.6 is 23.2 Å². The zero-order chi connectivity index (χ0) is 8.36. The Labute approximate surface area is 68.3 Å². The van der Waals surface area contributed by atoms with Crippen molar-refractivity contribution in [1.29, 1.82) is 0 Å². The molecule has 0 spiro atoms. The lowest BCUT2D eigenvalue weighted by molar-refractivity contribution is -0.246. The average Bonchev–Trinajstić information content (AvgIpc) is 1.60. The summed E-state index contributed by atoms with van der Waals surface area (Å²) in [5.74, 6) is 0. The Bertz CT molecular complexity index is 106. The SMILES string of the molecule is CC(C)OC(F)(F)C(Cl)Cl. The third-order valence-electron chi connectivity index (χ3n) is 0.647. The summed E-state index contributed by atoms with van der Waals surface area (Å²) in [6.45, 7) is 2.95. The summed E-state index contributed by atoms with van der Waals surface area (Å²) in [6.07, 6.45) is -4.04. The number of halogens is 4. The molecular formula is C5H8Cl2F2O. The van der Waals surface area contributed by atoms with Gasteiger partial charge in [0.2, 0.25) is 0 Å². The molecule has 1 nitrogen and oxygen atoms in total. The Balaban J connectivity index is 3.87. The van der Waals surface area contributed by atoms with E-state index in [1.54, 1.807) is 0 Å². The standard InChI is InChI=1S/C5H8Cl2F2O/c1-3(2)10-5(8,9)4(6)7/h3-4H,1-2H3. The van der Waals surface area contributed by atoms with Gasteiger partial charge < -0.3 is 4.74 Å². The van der Waals surface area contributed by atoms with Crippen LogP contribution in [0.2, 0.25) is 0 Å². The number of alkyl halides is 4. The molecule has 0 bridgehead atoms. The quantitative estimate of drug-likeness (QED) is 0.626. The second-order valence-electron chi connectivity index (χ2n) is 2.03. The molecule has 5 heteroatoms. The van der Waals surface area contributed by atoms with E-state index < -0.39 is 17.0 Å². The molecule has 0 saturated carbocycles. The summed E-state index contributed by atoms with van der Waals surface area (Å²) in [5, 5.41) is 0. The Kier molecular flexibility index (Phi) is 3.84. The van der Waals surface area contributed by atoms with Crippen molar-refractivity contribution in [3.8, 4) is 0 Å². The summed E-state index contributed by atoms with van der Waals surface area (Å²) < 4.78 is 28.7. The molecule has 0 aromatic carbocycles. The van der Waals surface area contributed by atoms with Gasteiger partial charge in [0.05, 0.1) is 6.10 Å². The van der Waals surface area contributed by atoms with Crippen molar-refractivity contribution in [2.24, 2.45) is 0 Å². The van der Waals surface area contributed by atoms with Gasteiger partial charge in [-0.15, -0.1) is 0 Å². The van der Waals surface area contributed by atoms with Crippen LogP contribution in [0.3, 0.4) is 0 Å². The van der Waals surface area contributed by atoms with Gasteiger partial charge in [0, 0.05) is 0 Å². The molecule has 0 radical (unpaired) electrons. The van der Waals surface area contributed by atoms with Gasteiger partial charge >= 0.3 is 6.11 Å². The van der Waals surface area contributed by atoms with E-state index in [0.29, 0.717) is 0 Å². The van der Waals surface area contributed by atoms with Crippen LogP contribution in [-0.4, -0.2) is 17.0 Å². The van der Waals surface area contributed by atoms with Crippen molar-refractivity contribution in [2.45, 2.75) is 30.9 Å². The molecule has 62 valence electrons. The van der Waals surface area contributed by atoms with Crippen LogP contribution in [0.25, 0.3) is 0 Å². The highest BCUT2D eigenvalue weighted by Crippen LogP contribution is 2.28. The molecule has 0 unspecified atom stereocenters. The van der Waals surface area contributed by atoms with E-state index in [-0.39, 0.29) is 0 Å². The molecule has 0 N–H and O–H groups in total. The van der Waals surface area contributed by atoms with Crippen LogP contribution in [0.5, 0.6) is 0 Å². The van der Waals surface area contributed by atoms with E-state index >= 15 is 0 Å². The van der Waals surface area contributed by atoms with E-state index in [1.165, 1.54) is 13.8 Å². The Morgan fingerprint density at radius 3 is 1.80 bits per heavy atom. The maximum atomic E-state index is 12.3. The molecule has 0 aromatic heterocycles. The molecule has 0 rings (SSSR count). The minimum Gasteiger partial charge on any atom is -0.316 e. The first-order valence-electron chi connectivity index (χ1n) is 2.70. The molecule has 0 aliphatic carbocycles. The van der Waals surface area contributed by atoms with Gasteiger partial charge in [-0.1, -0.05) is 23.2 Å². The number of rotatable bonds is 3. The predicted octanol–water partition coefficient (Wildman–Crippen LogP) is 2.81. The summed E-state index contributed by atoms with van der Waals surface area (Å²) in [7, 11) is 0. The molecule has 0 atom stereocenters. The van der Waals surface area contributed by atoms with Crippen molar-refractivity contribution in [3.63, 3.8) is 0 Å². The predicted molar refractivity (Wildman–Crippen MR) is 36.7 cm³/mol. The fraction of sp³-hybridized carbons (Fsp3) is 1.00. The van der Waals surface area contributed by atoms with E-state index in [4.69, 9.17) is 23.2 Å². The molecule has 0 aliphatic heterocycles. The zero-order valence-electron chi connectivity index (χ0n) is 5.57. The second-order valence-corrected chi connectivity index (χ2v) is 3.13. The normalized spacial score (nSPS) is 13.2. The van der Waals surface area contributed by atoms with Crippen molar-refractivity contribution < 1.29 is 13.5 Å². The molecule has 0 aliphatic rings. The molecule has 0 heterocycles. The van der Waals surface area contributed by atoms with E-state index in [9.17, 15) is 8.78 Å². The highest BCUT2D eigenvalue weighted by Gasteiger charge is 2.39. The van der Waals surface area contributed by atoms with Crippen LogP contribution in [0.4, 0.5) is 8.78 Å². The molecule has 0 aromatic rings. The maximum Gasteiger partial charge on any atom is 0.386 e. The minimum atomic E-state index is -3.45. The number of hydrogen-bond donors (Lipinski definition) is 0. The van der Waals surface area contributed by atoms with E-state index in [2.05, 4.69) is 4.74 Å². The topological polar surface area (TPSA) is 9.23 Å². The van der Waals surface area contributed by atoms with Gasteiger partial charge in [-0.3, -0.25) is 0 Å². The molecular weight excluding hydrogens is 185 g/mol. The fourth-order valence-corrected chi connectivity index (χ4v) is 0.469. The fourth-order valence-electron chi connectivity index (χ4n) is 0.366. The maximum absolute atomic E-state index is 12.3. The van der Waals surface area contributed by atoms with Gasteiger partial charge in [-0.05, 0) is 13.8 Å². The highest BCUT2D eigenvalue weighted by molar-refractivity contribution is 6.44. The number of ether oxygens (including phenoxy) is 1.